The molecule has 7 nitrogen and oxygen atoms in total. The minimum absolute atomic E-state index is 0.0349. The van der Waals surface area contributed by atoms with Gasteiger partial charge in [-0.05, 0) is 26.2 Å². The van der Waals surface area contributed by atoms with Crippen molar-refractivity contribution < 1.29 is 9.53 Å². The van der Waals surface area contributed by atoms with Gasteiger partial charge >= 0.3 is 0 Å². The number of aromatic amines is 1. The summed E-state index contributed by atoms with van der Waals surface area (Å²) >= 11 is 0. The SMILES string of the molecule is Cc1nc(N2CCOCC2)[nH]c(=O)c1CCC(=O)NC(C)C(C)C. The van der Waals surface area contributed by atoms with Gasteiger partial charge < -0.3 is 15.0 Å². The number of anilines is 1. The molecule has 1 atom stereocenters. The molecule has 1 aliphatic rings. The van der Waals surface area contributed by atoms with Crippen molar-refractivity contribution in [3.8, 4) is 0 Å². The Balaban J connectivity index is 2.00. The van der Waals surface area contributed by atoms with E-state index >= 15 is 0 Å². The highest BCUT2D eigenvalue weighted by atomic mass is 16.5. The summed E-state index contributed by atoms with van der Waals surface area (Å²) in [4.78, 5) is 33.7. The predicted molar refractivity (Wildman–Crippen MR) is 93.4 cm³/mol. The van der Waals surface area contributed by atoms with Crippen molar-refractivity contribution in [2.24, 2.45) is 5.92 Å². The molecule has 24 heavy (non-hydrogen) atoms. The van der Waals surface area contributed by atoms with Crippen LogP contribution in [0.3, 0.4) is 0 Å². The number of nitrogens with one attached hydrogen (secondary N) is 2. The standard InChI is InChI=1S/C17H28N4O3/c1-11(2)12(3)18-15(22)6-5-14-13(4)19-17(20-16(14)23)21-7-9-24-10-8-21/h11-12H,5-10H2,1-4H3,(H,18,22)(H,19,20,23). The van der Waals surface area contributed by atoms with E-state index in [4.69, 9.17) is 4.74 Å². The zero-order chi connectivity index (χ0) is 17.7. The molecule has 7 heteroatoms. The van der Waals surface area contributed by atoms with Gasteiger partial charge in [0.05, 0.1) is 13.2 Å². The first kappa shape index (κ1) is 18.4. The van der Waals surface area contributed by atoms with E-state index in [0.717, 1.165) is 13.1 Å². The summed E-state index contributed by atoms with van der Waals surface area (Å²) in [6.07, 6.45) is 0.688. The second-order valence-electron chi connectivity index (χ2n) is 6.65. The van der Waals surface area contributed by atoms with Crippen LogP contribution in [-0.2, 0) is 16.0 Å². The minimum atomic E-state index is -0.159. The Morgan fingerprint density at radius 1 is 1.33 bits per heavy atom. The molecule has 1 aliphatic heterocycles. The number of hydrogen-bond donors (Lipinski definition) is 2. The first-order valence-electron chi connectivity index (χ1n) is 8.60. The summed E-state index contributed by atoms with van der Waals surface area (Å²) < 4.78 is 5.31. The molecule has 1 unspecified atom stereocenters. The maximum Gasteiger partial charge on any atom is 0.255 e. The van der Waals surface area contributed by atoms with Crippen LogP contribution in [0.5, 0.6) is 0 Å². The van der Waals surface area contributed by atoms with E-state index in [9.17, 15) is 9.59 Å². The zero-order valence-corrected chi connectivity index (χ0v) is 15.0. The Morgan fingerprint density at radius 3 is 2.58 bits per heavy atom. The average molecular weight is 336 g/mol. The van der Waals surface area contributed by atoms with Gasteiger partial charge in [-0.2, -0.15) is 0 Å². The van der Waals surface area contributed by atoms with Gasteiger partial charge in [0, 0.05) is 36.8 Å². The number of aryl methyl sites for hydroxylation is 1. The summed E-state index contributed by atoms with van der Waals surface area (Å²) in [5, 5.41) is 2.96. The monoisotopic (exact) mass is 336 g/mol. The molecule has 0 aromatic carbocycles. The van der Waals surface area contributed by atoms with Gasteiger partial charge in [0.1, 0.15) is 0 Å². The third-order valence-electron chi connectivity index (χ3n) is 4.51. The van der Waals surface area contributed by atoms with Crippen molar-refractivity contribution >= 4 is 11.9 Å². The molecule has 1 amide bonds. The first-order chi connectivity index (χ1) is 11.4. The fourth-order valence-corrected chi connectivity index (χ4v) is 2.55. The number of H-pyrrole nitrogens is 1. The van der Waals surface area contributed by atoms with Crippen LogP contribution in [0.15, 0.2) is 4.79 Å². The van der Waals surface area contributed by atoms with E-state index in [1.54, 1.807) is 0 Å². The molecule has 1 aromatic rings. The molecule has 0 spiro atoms. The lowest BCUT2D eigenvalue weighted by Crippen LogP contribution is -2.39. The van der Waals surface area contributed by atoms with Gasteiger partial charge in [0.25, 0.3) is 5.56 Å². The fraction of sp³-hybridized carbons (Fsp3) is 0.706. The van der Waals surface area contributed by atoms with Crippen molar-refractivity contribution in [3.63, 3.8) is 0 Å². The van der Waals surface area contributed by atoms with Crippen LogP contribution >= 0.6 is 0 Å². The third kappa shape index (κ3) is 4.80. The molecule has 1 aromatic heterocycles. The summed E-state index contributed by atoms with van der Waals surface area (Å²) in [6.45, 7) is 10.6. The van der Waals surface area contributed by atoms with Crippen LogP contribution < -0.4 is 15.8 Å². The summed E-state index contributed by atoms with van der Waals surface area (Å²) in [7, 11) is 0. The van der Waals surface area contributed by atoms with Crippen LogP contribution in [0.2, 0.25) is 0 Å². The lowest BCUT2D eigenvalue weighted by molar-refractivity contribution is -0.121. The zero-order valence-electron chi connectivity index (χ0n) is 15.0. The number of ether oxygens (including phenoxy) is 1. The maximum atomic E-state index is 12.4. The van der Waals surface area contributed by atoms with Crippen LogP contribution in [0, 0.1) is 12.8 Å². The second-order valence-corrected chi connectivity index (χ2v) is 6.65. The first-order valence-corrected chi connectivity index (χ1v) is 8.60. The van der Waals surface area contributed by atoms with E-state index in [1.165, 1.54) is 0 Å². The predicted octanol–water partition coefficient (Wildman–Crippen LogP) is 1.01. The normalized spacial score (nSPS) is 16.3. The lowest BCUT2D eigenvalue weighted by Gasteiger charge is -2.27. The van der Waals surface area contributed by atoms with E-state index < -0.39 is 0 Å². The molecule has 1 fully saturated rings. The topological polar surface area (TPSA) is 87.3 Å². The molecule has 0 aliphatic carbocycles. The highest BCUT2D eigenvalue weighted by molar-refractivity contribution is 5.76. The van der Waals surface area contributed by atoms with Gasteiger partial charge in [-0.25, -0.2) is 4.98 Å². The molecule has 2 rings (SSSR count). The third-order valence-corrected chi connectivity index (χ3v) is 4.51. The number of carbonyl (C=O) groups excluding carboxylic acids is 1. The van der Waals surface area contributed by atoms with Gasteiger partial charge in [-0.3, -0.25) is 14.6 Å². The van der Waals surface area contributed by atoms with Crippen molar-refractivity contribution in [1.29, 1.82) is 0 Å². The molecular formula is C17H28N4O3. The number of morpholine rings is 1. The Hall–Kier alpha value is -1.89. The minimum Gasteiger partial charge on any atom is -0.378 e. The van der Waals surface area contributed by atoms with Crippen molar-refractivity contribution in [2.45, 2.75) is 46.6 Å². The molecule has 2 N–H and O–H groups in total. The Bertz CT molecular complexity index is 621. The number of amides is 1. The van der Waals surface area contributed by atoms with Crippen LogP contribution in [-0.4, -0.2) is 48.2 Å². The Labute approximate surface area is 142 Å². The summed E-state index contributed by atoms with van der Waals surface area (Å²) in [5.74, 6) is 0.934. The van der Waals surface area contributed by atoms with E-state index in [1.807, 2.05) is 18.7 Å². The second kappa shape index (κ2) is 8.28. The van der Waals surface area contributed by atoms with Gasteiger partial charge in [0.15, 0.2) is 0 Å². The van der Waals surface area contributed by atoms with E-state index in [-0.39, 0.29) is 17.5 Å². The van der Waals surface area contributed by atoms with E-state index in [0.29, 0.717) is 49.2 Å². The Kier molecular flexibility index (Phi) is 6.36. The molecular weight excluding hydrogens is 308 g/mol. The molecule has 1 saturated heterocycles. The average Bonchev–Trinajstić information content (AvgIpc) is 2.54. The largest absolute Gasteiger partial charge is 0.378 e. The van der Waals surface area contributed by atoms with Crippen LogP contribution in [0.1, 0.15) is 38.4 Å². The molecule has 0 saturated carbocycles. The quantitative estimate of drug-likeness (QED) is 0.809. The molecule has 0 bridgehead atoms. The molecule has 134 valence electrons. The number of hydrogen-bond acceptors (Lipinski definition) is 5. The van der Waals surface area contributed by atoms with Crippen molar-refractivity contribution in [1.82, 2.24) is 15.3 Å². The smallest absolute Gasteiger partial charge is 0.255 e. The number of nitrogens with zero attached hydrogens (tertiary/aromatic N) is 2. The molecule has 2 heterocycles. The lowest BCUT2D eigenvalue weighted by atomic mass is 10.1. The Morgan fingerprint density at radius 2 is 2.00 bits per heavy atom. The summed E-state index contributed by atoms with van der Waals surface area (Å²) in [5.41, 5.74) is 1.11. The van der Waals surface area contributed by atoms with Gasteiger partial charge in [-0.15, -0.1) is 0 Å². The summed E-state index contributed by atoms with van der Waals surface area (Å²) in [6, 6.07) is 0.124. The number of aromatic nitrogens is 2. The highest BCUT2D eigenvalue weighted by Gasteiger charge is 2.17. The number of carbonyl (C=O) groups is 1. The fourth-order valence-electron chi connectivity index (χ4n) is 2.55. The van der Waals surface area contributed by atoms with Crippen LogP contribution in [0.25, 0.3) is 0 Å². The van der Waals surface area contributed by atoms with Gasteiger partial charge in [-0.1, -0.05) is 13.8 Å². The number of rotatable bonds is 6. The van der Waals surface area contributed by atoms with Crippen molar-refractivity contribution in [2.75, 3.05) is 31.2 Å². The molecule has 0 radical (unpaired) electrons. The van der Waals surface area contributed by atoms with E-state index in [2.05, 4.69) is 29.1 Å². The maximum absolute atomic E-state index is 12.4. The van der Waals surface area contributed by atoms with Crippen molar-refractivity contribution in [3.05, 3.63) is 21.6 Å². The van der Waals surface area contributed by atoms with Crippen LogP contribution in [0.4, 0.5) is 5.95 Å². The highest BCUT2D eigenvalue weighted by Crippen LogP contribution is 2.11. The van der Waals surface area contributed by atoms with Gasteiger partial charge in [0.2, 0.25) is 11.9 Å².